The summed E-state index contributed by atoms with van der Waals surface area (Å²) in [5.41, 5.74) is 0. The van der Waals surface area contributed by atoms with Crippen molar-refractivity contribution in [3.05, 3.63) is 24.4 Å². The number of hydrogen-bond acceptors (Lipinski definition) is 7. The van der Waals surface area contributed by atoms with Crippen LogP contribution in [0.1, 0.15) is 18.9 Å². The van der Waals surface area contributed by atoms with Crippen LogP contribution in [0.5, 0.6) is 5.88 Å². The molecule has 8 nitrogen and oxygen atoms in total. The second kappa shape index (κ2) is 6.04. The topological polar surface area (TPSA) is 78.2 Å². The maximum absolute atomic E-state index is 5.82. The number of anilines is 1. The van der Waals surface area contributed by atoms with Gasteiger partial charge in [0, 0.05) is 25.4 Å². The van der Waals surface area contributed by atoms with Crippen LogP contribution in [0.15, 0.2) is 18.6 Å². The van der Waals surface area contributed by atoms with E-state index in [1.807, 2.05) is 4.57 Å². The molecule has 3 heterocycles. The molecule has 0 saturated carbocycles. The molecule has 0 unspecified atom stereocenters. The van der Waals surface area contributed by atoms with E-state index >= 15 is 0 Å². The summed E-state index contributed by atoms with van der Waals surface area (Å²) in [6.07, 6.45) is 3.29. The fourth-order valence-corrected chi connectivity index (χ4v) is 2.34. The maximum Gasteiger partial charge on any atom is 0.228 e. The van der Waals surface area contributed by atoms with Gasteiger partial charge < -0.3 is 18.9 Å². The van der Waals surface area contributed by atoms with Gasteiger partial charge in [-0.1, -0.05) is 0 Å². The number of hydrogen-bond donors (Lipinski definition) is 0. The molecule has 2 aromatic rings. The second-order valence-corrected chi connectivity index (χ2v) is 4.68. The minimum atomic E-state index is -0.129. The van der Waals surface area contributed by atoms with Crippen LogP contribution in [0.2, 0.25) is 0 Å². The first-order chi connectivity index (χ1) is 10.3. The third-order valence-corrected chi connectivity index (χ3v) is 3.45. The molecule has 0 radical (unpaired) electrons. The highest BCUT2D eigenvalue weighted by atomic mass is 16.5. The van der Waals surface area contributed by atoms with Crippen molar-refractivity contribution in [2.75, 3.05) is 31.7 Å². The predicted molar refractivity (Wildman–Crippen MR) is 75.2 cm³/mol. The number of nitrogens with zero attached hydrogens (tertiary/aromatic N) is 6. The summed E-state index contributed by atoms with van der Waals surface area (Å²) in [5, 5.41) is 8.12. The van der Waals surface area contributed by atoms with Crippen LogP contribution in [0.25, 0.3) is 0 Å². The van der Waals surface area contributed by atoms with Gasteiger partial charge in [-0.2, -0.15) is 4.98 Å². The highest BCUT2D eigenvalue weighted by molar-refractivity contribution is 5.33. The Kier molecular flexibility index (Phi) is 3.96. The molecule has 0 N–H and O–H groups in total. The van der Waals surface area contributed by atoms with E-state index in [9.17, 15) is 0 Å². The third-order valence-electron chi connectivity index (χ3n) is 3.45. The van der Waals surface area contributed by atoms with Crippen molar-refractivity contribution in [1.82, 2.24) is 24.7 Å². The van der Waals surface area contributed by atoms with Gasteiger partial charge in [0.2, 0.25) is 11.8 Å². The zero-order valence-electron chi connectivity index (χ0n) is 12.1. The van der Waals surface area contributed by atoms with Gasteiger partial charge in [0.15, 0.2) is 5.82 Å². The Morgan fingerprint density at radius 2 is 2.38 bits per heavy atom. The van der Waals surface area contributed by atoms with Crippen LogP contribution in [0, 0.1) is 0 Å². The van der Waals surface area contributed by atoms with Crippen LogP contribution in [0.3, 0.4) is 0 Å². The molecule has 112 valence electrons. The first-order valence-corrected chi connectivity index (χ1v) is 6.93. The Morgan fingerprint density at radius 3 is 3.19 bits per heavy atom. The Morgan fingerprint density at radius 1 is 1.48 bits per heavy atom. The van der Waals surface area contributed by atoms with Crippen LogP contribution < -0.4 is 9.64 Å². The number of morpholine rings is 1. The zero-order chi connectivity index (χ0) is 14.7. The monoisotopic (exact) mass is 290 g/mol. The van der Waals surface area contributed by atoms with Crippen molar-refractivity contribution in [3.63, 3.8) is 0 Å². The van der Waals surface area contributed by atoms with E-state index in [1.165, 1.54) is 0 Å². The van der Waals surface area contributed by atoms with E-state index in [1.54, 1.807) is 25.7 Å². The molecule has 0 amide bonds. The van der Waals surface area contributed by atoms with Gasteiger partial charge >= 0.3 is 0 Å². The molecule has 1 fully saturated rings. The van der Waals surface area contributed by atoms with Gasteiger partial charge in [0.25, 0.3) is 0 Å². The molecular formula is C13H18N6O2. The highest BCUT2D eigenvalue weighted by Gasteiger charge is 2.27. The molecule has 2 aromatic heterocycles. The molecule has 0 spiro atoms. The zero-order valence-corrected chi connectivity index (χ0v) is 12.1. The molecule has 0 aliphatic carbocycles. The minimum Gasteiger partial charge on any atom is -0.481 e. The van der Waals surface area contributed by atoms with E-state index in [-0.39, 0.29) is 6.10 Å². The molecule has 3 rings (SSSR count). The average Bonchev–Trinajstić information content (AvgIpc) is 3.03. The van der Waals surface area contributed by atoms with Gasteiger partial charge in [-0.05, 0) is 6.92 Å². The van der Waals surface area contributed by atoms with Crippen molar-refractivity contribution in [3.8, 4) is 5.88 Å². The molecular weight excluding hydrogens is 272 g/mol. The van der Waals surface area contributed by atoms with E-state index in [0.29, 0.717) is 25.0 Å². The number of aryl methyl sites for hydroxylation is 1. The summed E-state index contributed by atoms with van der Waals surface area (Å²) < 4.78 is 13.0. The lowest BCUT2D eigenvalue weighted by Crippen LogP contribution is -2.40. The van der Waals surface area contributed by atoms with E-state index < -0.39 is 0 Å². The highest BCUT2D eigenvalue weighted by Crippen LogP contribution is 2.23. The Bertz CT molecular complexity index is 602. The van der Waals surface area contributed by atoms with E-state index in [2.05, 4.69) is 32.0 Å². The Hall–Kier alpha value is -2.22. The minimum absolute atomic E-state index is 0.129. The summed E-state index contributed by atoms with van der Waals surface area (Å²) >= 11 is 0. The summed E-state index contributed by atoms with van der Waals surface area (Å²) in [6.45, 7) is 4.86. The predicted octanol–water partition coefficient (Wildman–Crippen LogP) is 0.674. The van der Waals surface area contributed by atoms with Crippen LogP contribution >= 0.6 is 0 Å². The van der Waals surface area contributed by atoms with Gasteiger partial charge in [-0.25, -0.2) is 4.98 Å². The van der Waals surface area contributed by atoms with Crippen molar-refractivity contribution in [2.24, 2.45) is 0 Å². The smallest absolute Gasteiger partial charge is 0.228 e. The largest absolute Gasteiger partial charge is 0.481 e. The number of methoxy groups -OCH3 is 1. The lowest BCUT2D eigenvalue weighted by atomic mass is 10.2. The Labute approximate surface area is 122 Å². The average molecular weight is 290 g/mol. The molecule has 21 heavy (non-hydrogen) atoms. The number of ether oxygens (including phenoxy) is 2. The fraction of sp³-hybridized carbons (Fsp3) is 0.538. The number of rotatable bonds is 4. The van der Waals surface area contributed by atoms with Gasteiger partial charge in [-0.3, -0.25) is 0 Å². The van der Waals surface area contributed by atoms with Crippen molar-refractivity contribution in [2.45, 2.75) is 19.6 Å². The molecule has 1 atom stereocenters. The maximum atomic E-state index is 5.82. The summed E-state index contributed by atoms with van der Waals surface area (Å²) in [6, 6.07) is 1.73. The molecule has 1 aliphatic rings. The fourth-order valence-electron chi connectivity index (χ4n) is 2.34. The van der Waals surface area contributed by atoms with Crippen LogP contribution in [-0.4, -0.2) is 51.5 Å². The molecule has 8 heteroatoms. The van der Waals surface area contributed by atoms with Crippen LogP contribution in [0.4, 0.5) is 5.95 Å². The number of aromatic nitrogens is 5. The van der Waals surface area contributed by atoms with Crippen molar-refractivity contribution in [1.29, 1.82) is 0 Å². The first-order valence-electron chi connectivity index (χ1n) is 6.93. The standard InChI is InChI=1S/C13H18N6O2/c1-3-18-9-15-17-12(18)10-8-19(6-7-21-10)13-14-5-4-11(16-13)20-2/h4-5,9-10H,3,6-8H2,1-2H3/t10-/m0/s1. The summed E-state index contributed by atoms with van der Waals surface area (Å²) in [7, 11) is 1.60. The Balaban J connectivity index is 1.79. The van der Waals surface area contributed by atoms with Crippen molar-refractivity contribution >= 4 is 5.95 Å². The SMILES string of the molecule is CCn1cnnc1[C@@H]1CN(c2nccc(OC)n2)CCO1. The van der Waals surface area contributed by atoms with Gasteiger partial charge in [-0.15, -0.1) is 10.2 Å². The molecule has 1 saturated heterocycles. The molecule has 1 aliphatic heterocycles. The van der Waals surface area contributed by atoms with E-state index in [0.717, 1.165) is 18.9 Å². The lowest BCUT2D eigenvalue weighted by molar-refractivity contribution is 0.0310. The first kappa shape index (κ1) is 13.7. The van der Waals surface area contributed by atoms with Gasteiger partial charge in [0.1, 0.15) is 12.4 Å². The second-order valence-electron chi connectivity index (χ2n) is 4.68. The quantitative estimate of drug-likeness (QED) is 0.819. The van der Waals surface area contributed by atoms with E-state index in [4.69, 9.17) is 9.47 Å². The van der Waals surface area contributed by atoms with Crippen molar-refractivity contribution < 1.29 is 9.47 Å². The summed E-state index contributed by atoms with van der Waals surface area (Å²) in [5.74, 6) is 2.04. The molecule has 0 bridgehead atoms. The lowest BCUT2D eigenvalue weighted by Gasteiger charge is -2.32. The third kappa shape index (κ3) is 2.80. The van der Waals surface area contributed by atoms with Gasteiger partial charge in [0.05, 0.1) is 20.3 Å². The normalized spacial score (nSPS) is 18.8. The van der Waals surface area contributed by atoms with Crippen LogP contribution in [-0.2, 0) is 11.3 Å². The molecule has 0 aromatic carbocycles. The summed E-state index contributed by atoms with van der Waals surface area (Å²) in [4.78, 5) is 10.7.